The third-order valence-corrected chi connectivity index (χ3v) is 5.68. The lowest BCUT2D eigenvalue weighted by molar-refractivity contribution is -0.130. The molecule has 1 atom stereocenters. The summed E-state index contributed by atoms with van der Waals surface area (Å²) in [5, 5.41) is 17.7. The molecule has 0 bridgehead atoms. The van der Waals surface area contributed by atoms with Gasteiger partial charge < -0.3 is 25.6 Å². The Morgan fingerprint density at radius 2 is 1.97 bits per heavy atom. The van der Waals surface area contributed by atoms with Crippen LogP contribution in [0.1, 0.15) is 37.0 Å². The van der Waals surface area contributed by atoms with E-state index < -0.39 is 5.97 Å². The number of halogens is 2. The van der Waals surface area contributed by atoms with E-state index >= 15 is 0 Å². The summed E-state index contributed by atoms with van der Waals surface area (Å²) >= 11 is 12.0. The van der Waals surface area contributed by atoms with Gasteiger partial charge in [-0.25, -0.2) is 9.78 Å². The summed E-state index contributed by atoms with van der Waals surface area (Å²) < 4.78 is 0. The second-order valence-electron chi connectivity index (χ2n) is 7.43. The molecule has 1 aliphatic heterocycles. The van der Waals surface area contributed by atoms with E-state index in [1.54, 1.807) is 35.4 Å². The normalized spacial score (nSPS) is 15.5. The number of carbonyl (C=O) groups excluding carboxylic acids is 1. The number of pyridine rings is 1. The molecule has 1 aromatic carbocycles. The van der Waals surface area contributed by atoms with Crippen molar-refractivity contribution in [2.24, 2.45) is 0 Å². The SMILES string of the molecule is CC.O=C(O)c1cnc2[nH]ccc2c1N[C@@H]1CCCN(C(=O)CNc2cc(Cl)cc(Cl)c2)C1. The minimum absolute atomic E-state index is 0.0532. The van der Waals surface area contributed by atoms with Crippen LogP contribution in [0.5, 0.6) is 0 Å². The van der Waals surface area contributed by atoms with Gasteiger partial charge in [0.2, 0.25) is 5.91 Å². The molecule has 3 heterocycles. The summed E-state index contributed by atoms with van der Waals surface area (Å²) in [5.41, 5.74) is 1.91. The van der Waals surface area contributed by atoms with Crippen LogP contribution in [-0.4, -0.2) is 57.5 Å². The molecular formula is C23H27Cl2N5O3. The molecule has 176 valence electrons. The van der Waals surface area contributed by atoms with Gasteiger partial charge >= 0.3 is 5.97 Å². The van der Waals surface area contributed by atoms with E-state index in [1.807, 2.05) is 13.8 Å². The number of nitrogens with zero attached hydrogens (tertiary/aromatic N) is 2. The third-order valence-electron chi connectivity index (χ3n) is 5.25. The van der Waals surface area contributed by atoms with Crippen molar-refractivity contribution < 1.29 is 14.7 Å². The van der Waals surface area contributed by atoms with Crippen molar-refractivity contribution in [2.75, 3.05) is 30.3 Å². The van der Waals surface area contributed by atoms with E-state index in [4.69, 9.17) is 23.2 Å². The lowest BCUT2D eigenvalue weighted by atomic mass is 10.0. The number of aromatic carboxylic acids is 1. The van der Waals surface area contributed by atoms with Crippen LogP contribution >= 0.6 is 23.2 Å². The maximum atomic E-state index is 12.7. The molecule has 3 aromatic rings. The number of hydrogen-bond donors (Lipinski definition) is 4. The second-order valence-corrected chi connectivity index (χ2v) is 8.30. The molecular weight excluding hydrogens is 465 g/mol. The molecule has 8 nitrogen and oxygen atoms in total. The van der Waals surface area contributed by atoms with Gasteiger partial charge in [0.05, 0.1) is 12.2 Å². The topological polar surface area (TPSA) is 110 Å². The number of piperidine rings is 1. The highest BCUT2D eigenvalue weighted by Gasteiger charge is 2.25. The van der Waals surface area contributed by atoms with Gasteiger partial charge in [-0.1, -0.05) is 37.0 Å². The number of benzene rings is 1. The van der Waals surface area contributed by atoms with Crippen molar-refractivity contribution in [1.29, 1.82) is 0 Å². The quantitative estimate of drug-likeness (QED) is 0.381. The number of aromatic amines is 1. The molecule has 0 unspecified atom stereocenters. The van der Waals surface area contributed by atoms with E-state index in [1.165, 1.54) is 6.20 Å². The van der Waals surface area contributed by atoms with E-state index in [9.17, 15) is 14.7 Å². The van der Waals surface area contributed by atoms with Gasteiger partial charge in [0.15, 0.2) is 0 Å². The maximum Gasteiger partial charge on any atom is 0.339 e. The molecule has 4 rings (SSSR count). The maximum absolute atomic E-state index is 12.7. The lowest BCUT2D eigenvalue weighted by Gasteiger charge is -2.34. The standard InChI is InChI=1S/C21H21Cl2N5O3.C2H6/c22-12-6-13(23)8-15(7-12)25-10-18(29)28-5-1-2-14(11-28)27-19-16-3-4-24-20(16)26-9-17(19)21(30)31;1-2/h3-4,6-9,14,25H,1-2,5,10-11H2,(H,30,31)(H2,24,26,27);1-2H3/t14-;/m1./s1. The molecule has 1 saturated heterocycles. The molecule has 0 saturated carbocycles. The first-order chi connectivity index (χ1) is 15.9. The Labute approximate surface area is 202 Å². The Kier molecular flexibility index (Phi) is 8.41. The second kappa shape index (κ2) is 11.2. The minimum Gasteiger partial charge on any atom is -0.478 e. The van der Waals surface area contributed by atoms with E-state index in [-0.39, 0.29) is 24.1 Å². The van der Waals surface area contributed by atoms with Crippen molar-refractivity contribution in [3.63, 3.8) is 0 Å². The van der Waals surface area contributed by atoms with Crippen LogP contribution in [0.15, 0.2) is 36.7 Å². The van der Waals surface area contributed by atoms with Crippen LogP contribution in [0.25, 0.3) is 11.0 Å². The van der Waals surface area contributed by atoms with Gasteiger partial charge in [0.25, 0.3) is 0 Å². The molecule has 0 aliphatic carbocycles. The number of amides is 1. The summed E-state index contributed by atoms with van der Waals surface area (Å²) in [4.78, 5) is 33.4. The summed E-state index contributed by atoms with van der Waals surface area (Å²) in [7, 11) is 0. The van der Waals surface area contributed by atoms with Crippen LogP contribution in [0.4, 0.5) is 11.4 Å². The number of fused-ring (bicyclic) bond motifs is 1. The smallest absolute Gasteiger partial charge is 0.339 e. The van der Waals surface area contributed by atoms with E-state index in [0.717, 1.165) is 12.8 Å². The largest absolute Gasteiger partial charge is 0.478 e. The van der Waals surface area contributed by atoms with Crippen molar-refractivity contribution in [2.45, 2.75) is 32.7 Å². The first-order valence-corrected chi connectivity index (χ1v) is 11.6. The number of rotatable bonds is 6. The van der Waals surface area contributed by atoms with E-state index in [2.05, 4.69) is 20.6 Å². The number of likely N-dealkylation sites (tertiary alicyclic amines) is 1. The van der Waals surface area contributed by atoms with Gasteiger partial charge in [-0.15, -0.1) is 0 Å². The Balaban J connectivity index is 0.00000149. The fourth-order valence-corrected chi connectivity index (χ4v) is 4.32. The number of nitrogens with one attached hydrogen (secondary N) is 3. The fraction of sp³-hybridized carbons (Fsp3) is 0.348. The van der Waals surface area contributed by atoms with Crippen molar-refractivity contribution >= 4 is 57.5 Å². The summed E-state index contributed by atoms with van der Waals surface area (Å²) in [6.45, 7) is 5.24. The number of carboxylic acid groups (broad SMARTS) is 1. The number of anilines is 2. The van der Waals surface area contributed by atoms with Crippen LogP contribution in [0, 0.1) is 0 Å². The molecule has 10 heteroatoms. The zero-order valence-corrected chi connectivity index (χ0v) is 20.0. The number of carboxylic acids is 1. The number of H-pyrrole nitrogens is 1. The van der Waals surface area contributed by atoms with E-state index in [0.29, 0.717) is 45.5 Å². The van der Waals surface area contributed by atoms with Crippen LogP contribution in [-0.2, 0) is 4.79 Å². The third kappa shape index (κ3) is 6.09. The first kappa shape index (κ1) is 24.7. The van der Waals surface area contributed by atoms with Crippen molar-refractivity contribution in [1.82, 2.24) is 14.9 Å². The number of aromatic nitrogens is 2. The molecule has 0 spiro atoms. The Hall–Kier alpha value is -2.97. The Bertz CT molecular complexity index is 1110. The summed E-state index contributed by atoms with van der Waals surface area (Å²) in [6, 6.07) is 6.77. The monoisotopic (exact) mass is 491 g/mol. The molecule has 1 aliphatic rings. The summed E-state index contributed by atoms with van der Waals surface area (Å²) in [6.07, 6.45) is 4.71. The highest BCUT2D eigenvalue weighted by atomic mass is 35.5. The van der Waals surface area contributed by atoms with Crippen LogP contribution in [0.3, 0.4) is 0 Å². The average molecular weight is 492 g/mol. The van der Waals surface area contributed by atoms with Gasteiger partial charge in [0.1, 0.15) is 11.2 Å². The van der Waals surface area contributed by atoms with Gasteiger partial charge in [-0.05, 0) is 37.1 Å². The number of carbonyl (C=O) groups is 2. The average Bonchev–Trinajstić information content (AvgIpc) is 3.28. The minimum atomic E-state index is -1.05. The number of hydrogen-bond acceptors (Lipinski definition) is 5. The molecule has 0 radical (unpaired) electrons. The molecule has 2 aromatic heterocycles. The van der Waals surface area contributed by atoms with Crippen LogP contribution < -0.4 is 10.6 Å². The Morgan fingerprint density at radius 1 is 1.24 bits per heavy atom. The Morgan fingerprint density at radius 3 is 2.67 bits per heavy atom. The van der Waals surface area contributed by atoms with Gasteiger partial charge in [0, 0.05) is 52.6 Å². The molecule has 1 amide bonds. The first-order valence-electron chi connectivity index (χ1n) is 10.8. The highest BCUT2D eigenvalue weighted by Crippen LogP contribution is 2.28. The predicted octanol–water partition coefficient (Wildman–Crippen LogP) is 5.11. The zero-order chi connectivity index (χ0) is 24.0. The van der Waals surface area contributed by atoms with Gasteiger partial charge in [-0.2, -0.15) is 0 Å². The lowest BCUT2D eigenvalue weighted by Crippen LogP contribution is -2.47. The molecule has 4 N–H and O–H groups in total. The molecule has 1 fully saturated rings. The fourth-order valence-electron chi connectivity index (χ4n) is 3.80. The van der Waals surface area contributed by atoms with Crippen LogP contribution in [0.2, 0.25) is 10.0 Å². The van der Waals surface area contributed by atoms with Crippen molar-refractivity contribution in [3.05, 3.63) is 52.3 Å². The summed E-state index contributed by atoms with van der Waals surface area (Å²) in [5.74, 6) is -1.10. The predicted molar refractivity (Wildman–Crippen MR) is 133 cm³/mol. The van der Waals surface area contributed by atoms with Crippen molar-refractivity contribution in [3.8, 4) is 0 Å². The van der Waals surface area contributed by atoms with Gasteiger partial charge in [-0.3, -0.25) is 4.79 Å². The highest BCUT2D eigenvalue weighted by molar-refractivity contribution is 6.35. The zero-order valence-electron chi connectivity index (χ0n) is 18.5. The molecule has 33 heavy (non-hydrogen) atoms.